The van der Waals surface area contributed by atoms with Crippen molar-refractivity contribution in [3.05, 3.63) is 30.2 Å². The van der Waals surface area contributed by atoms with E-state index in [0.29, 0.717) is 5.95 Å². The van der Waals surface area contributed by atoms with Crippen LogP contribution in [0.5, 0.6) is 0 Å². The van der Waals surface area contributed by atoms with Crippen molar-refractivity contribution in [2.75, 3.05) is 0 Å². The van der Waals surface area contributed by atoms with Gasteiger partial charge < -0.3 is 10.0 Å². The van der Waals surface area contributed by atoms with E-state index in [1.807, 2.05) is 6.92 Å². The van der Waals surface area contributed by atoms with E-state index in [4.69, 9.17) is 10.0 Å². The van der Waals surface area contributed by atoms with Crippen molar-refractivity contribution in [2.45, 2.75) is 6.92 Å². The molecular weight excluding hydrogens is 195 g/mol. The van der Waals surface area contributed by atoms with Gasteiger partial charge in [-0.05, 0) is 18.6 Å². The van der Waals surface area contributed by atoms with Crippen LogP contribution in [0.25, 0.3) is 5.95 Å². The SMILES string of the molecule is Cc1cnn(-c2nccc(B(O)O)n2)c1. The number of nitrogens with zero attached hydrogens (tertiary/aromatic N) is 4. The molecule has 0 amide bonds. The van der Waals surface area contributed by atoms with E-state index in [9.17, 15) is 0 Å². The lowest BCUT2D eigenvalue weighted by Gasteiger charge is -2.01. The number of hydrogen-bond donors (Lipinski definition) is 2. The molecule has 15 heavy (non-hydrogen) atoms. The van der Waals surface area contributed by atoms with Crippen molar-refractivity contribution in [3.63, 3.8) is 0 Å². The Balaban J connectivity index is 2.41. The number of rotatable bonds is 2. The summed E-state index contributed by atoms with van der Waals surface area (Å²) in [6.45, 7) is 1.90. The van der Waals surface area contributed by atoms with Crippen molar-refractivity contribution < 1.29 is 10.0 Å². The van der Waals surface area contributed by atoms with E-state index in [1.165, 1.54) is 16.9 Å². The predicted octanol–water partition coefficient (Wildman–Crippen LogP) is -1.35. The van der Waals surface area contributed by atoms with Gasteiger partial charge in [-0.15, -0.1) is 0 Å². The third kappa shape index (κ3) is 2.03. The zero-order chi connectivity index (χ0) is 10.8. The maximum Gasteiger partial charge on any atom is 0.508 e. The van der Waals surface area contributed by atoms with Crippen molar-refractivity contribution in [1.29, 1.82) is 0 Å². The number of aryl methyl sites for hydroxylation is 1. The Labute approximate surface area is 86.4 Å². The Kier molecular flexibility index (Phi) is 2.48. The molecule has 2 N–H and O–H groups in total. The Bertz CT molecular complexity index is 471. The molecule has 0 saturated carbocycles. The van der Waals surface area contributed by atoms with Crippen molar-refractivity contribution in [2.24, 2.45) is 0 Å². The molecule has 2 heterocycles. The van der Waals surface area contributed by atoms with Gasteiger partial charge in [0.2, 0.25) is 5.95 Å². The fourth-order valence-electron chi connectivity index (χ4n) is 1.14. The lowest BCUT2D eigenvalue weighted by atomic mass is 9.86. The van der Waals surface area contributed by atoms with Gasteiger partial charge in [-0.2, -0.15) is 5.10 Å². The largest absolute Gasteiger partial charge is 0.508 e. The molecule has 0 unspecified atom stereocenters. The molecule has 0 atom stereocenters. The highest BCUT2D eigenvalue weighted by Crippen LogP contribution is 1.99. The molecule has 76 valence electrons. The second kappa shape index (κ2) is 3.80. The summed E-state index contributed by atoms with van der Waals surface area (Å²) in [5.41, 5.74) is 1.13. The summed E-state index contributed by atoms with van der Waals surface area (Å²) in [5.74, 6) is 0.314. The zero-order valence-corrected chi connectivity index (χ0v) is 8.07. The van der Waals surface area contributed by atoms with Gasteiger partial charge in [-0.25, -0.2) is 14.6 Å². The summed E-state index contributed by atoms with van der Waals surface area (Å²) in [4.78, 5) is 7.92. The maximum atomic E-state index is 8.94. The van der Waals surface area contributed by atoms with E-state index < -0.39 is 7.12 Å². The summed E-state index contributed by atoms with van der Waals surface area (Å²) in [6.07, 6.45) is 4.88. The van der Waals surface area contributed by atoms with Crippen LogP contribution in [-0.2, 0) is 0 Å². The third-order valence-electron chi connectivity index (χ3n) is 1.85. The predicted molar refractivity (Wildman–Crippen MR) is 53.7 cm³/mol. The van der Waals surface area contributed by atoms with Crippen LogP contribution in [0.15, 0.2) is 24.7 Å². The fraction of sp³-hybridized carbons (Fsp3) is 0.125. The van der Waals surface area contributed by atoms with Crippen molar-refractivity contribution in [1.82, 2.24) is 19.7 Å². The molecule has 2 rings (SSSR count). The van der Waals surface area contributed by atoms with E-state index in [0.717, 1.165) is 5.56 Å². The quantitative estimate of drug-likeness (QED) is 0.591. The first kappa shape index (κ1) is 9.82. The Morgan fingerprint density at radius 1 is 1.40 bits per heavy atom. The van der Waals surface area contributed by atoms with Crippen LogP contribution in [-0.4, -0.2) is 36.9 Å². The molecule has 0 fully saturated rings. The molecule has 0 spiro atoms. The standard InChI is InChI=1S/C8H9BN4O2/c1-6-4-11-13(5-6)8-10-3-2-7(12-8)9(14)15/h2-5,14-15H,1H3. The Morgan fingerprint density at radius 2 is 2.20 bits per heavy atom. The van der Waals surface area contributed by atoms with Crippen LogP contribution in [0.1, 0.15) is 5.56 Å². The van der Waals surface area contributed by atoms with Gasteiger partial charge in [0, 0.05) is 12.4 Å². The second-order valence-electron chi connectivity index (χ2n) is 3.12. The highest BCUT2D eigenvalue weighted by molar-refractivity contribution is 6.57. The van der Waals surface area contributed by atoms with Gasteiger partial charge in [0.15, 0.2) is 0 Å². The van der Waals surface area contributed by atoms with Crippen LogP contribution in [0.4, 0.5) is 0 Å². The average molecular weight is 204 g/mol. The second-order valence-corrected chi connectivity index (χ2v) is 3.12. The fourth-order valence-corrected chi connectivity index (χ4v) is 1.14. The van der Waals surface area contributed by atoms with Gasteiger partial charge in [0.05, 0.1) is 11.8 Å². The lowest BCUT2D eigenvalue weighted by Crippen LogP contribution is -2.33. The number of aromatic nitrogens is 4. The smallest absolute Gasteiger partial charge is 0.422 e. The van der Waals surface area contributed by atoms with Crippen LogP contribution in [0, 0.1) is 6.92 Å². The van der Waals surface area contributed by atoms with Crippen LogP contribution < -0.4 is 5.59 Å². The molecule has 0 saturated heterocycles. The van der Waals surface area contributed by atoms with E-state index in [2.05, 4.69) is 15.1 Å². The monoisotopic (exact) mass is 204 g/mol. The molecule has 2 aromatic heterocycles. The molecule has 0 radical (unpaired) electrons. The molecule has 7 heteroatoms. The Morgan fingerprint density at radius 3 is 2.80 bits per heavy atom. The molecule has 0 aromatic carbocycles. The first-order chi connectivity index (χ1) is 7.16. The molecular formula is C8H9BN4O2. The molecule has 0 bridgehead atoms. The van der Waals surface area contributed by atoms with Crippen LogP contribution in [0.3, 0.4) is 0 Å². The molecule has 6 nitrogen and oxygen atoms in total. The molecule has 0 aliphatic rings. The first-order valence-corrected chi connectivity index (χ1v) is 4.37. The van der Waals surface area contributed by atoms with Gasteiger partial charge >= 0.3 is 7.12 Å². The third-order valence-corrected chi connectivity index (χ3v) is 1.85. The summed E-state index contributed by atoms with van der Waals surface area (Å²) in [7, 11) is -1.59. The van der Waals surface area contributed by atoms with E-state index in [1.54, 1.807) is 12.4 Å². The van der Waals surface area contributed by atoms with Gasteiger partial charge in [-0.3, -0.25) is 0 Å². The van der Waals surface area contributed by atoms with Crippen LogP contribution >= 0.6 is 0 Å². The number of hydrogen-bond acceptors (Lipinski definition) is 5. The normalized spacial score (nSPS) is 10.3. The highest BCUT2D eigenvalue weighted by atomic mass is 16.4. The summed E-state index contributed by atoms with van der Waals surface area (Å²) >= 11 is 0. The minimum absolute atomic E-state index is 0.146. The first-order valence-electron chi connectivity index (χ1n) is 4.37. The van der Waals surface area contributed by atoms with Crippen LogP contribution in [0.2, 0.25) is 0 Å². The topological polar surface area (TPSA) is 84.1 Å². The molecule has 2 aromatic rings. The van der Waals surface area contributed by atoms with Gasteiger partial charge in [0.1, 0.15) is 0 Å². The van der Waals surface area contributed by atoms with E-state index in [-0.39, 0.29) is 5.59 Å². The lowest BCUT2D eigenvalue weighted by molar-refractivity contribution is 0.424. The van der Waals surface area contributed by atoms with E-state index >= 15 is 0 Å². The minimum atomic E-state index is -1.59. The van der Waals surface area contributed by atoms with Gasteiger partial charge in [0.25, 0.3) is 0 Å². The molecule has 0 aliphatic heterocycles. The van der Waals surface area contributed by atoms with Crippen molar-refractivity contribution >= 4 is 12.7 Å². The average Bonchev–Trinajstić information content (AvgIpc) is 2.65. The summed E-state index contributed by atoms with van der Waals surface area (Å²) < 4.78 is 1.47. The van der Waals surface area contributed by atoms with Gasteiger partial charge in [-0.1, -0.05) is 0 Å². The highest BCUT2D eigenvalue weighted by Gasteiger charge is 2.14. The van der Waals surface area contributed by atoms with Crippen molar-refractivity contribution in [3.8, 4) is 5.95 Å². The molecule has 0 aliphatic carbocycles. The maximum absolute atomic E-state index is 8.94. The zero-order valence-electron chi connectivity index (χ0n) is 8.07. The Hall–Kier alpha value is -1.73. The summed E-state index contributed by atoms with van der Waals surface area (Å²) in [5, 5.41) is 21.9. The summed E-state index contributed by atoms with van der Waals surface area (Å²) in [6, 6.07) is 1.44. The minimum Gasteiger partial charge on any atom is -0.422 e.